The van der Waals surface area contributed by atoms with Crippen LogP contribution in [0.3, 0.4) is 0 Å². The summed E-state index contributed by atoms with van der Waals surface area (Å²) in [6.07, 6.45) is 2.49. The molecule has 7 heteroatoms. The number of aromatic amines is 1. The van der Waals surface area contributed by atoms with E-state index in [2.05, 4.69) is 20.3 Å². The van der Waals surface area contributed by atoms with Gasteiger partial charge in [-0.2, -0.15) is 10.1 Å². The lowest BCUT2D eigenvalue weighted by Crippen LogP contribution is -1.99. The minimum Gasteiger partial charge on any atom is -0.381 e. The molecule has 1 atom stereocenters. The Labute approximate surface area is 125 Å². The van der Waals surface area contributed by atoms with E-state index in [4.69, 9.17) is 9.26 Å². The maximum absolute atomic E-state index is 13.4. The van der Waals surface area contributed by atoms with Crippen molar-refractivity contribution in [3.8, 4) is 22.7 Å². The van der Waals surface area contributed by atoms with Crippen molar-refractivity contribution in [2.45, 2.75) is 12.3 Å². The summed E-state index contributed by atoms with van der Waals surface area (Å²) in [5, 5.41) is 10.9. The topological polar surface area (TPSA) is 76.8 Å². The first-order chi connectivity index (χ1) is 10.8. The van der Waals surface area contributed by atoms with Crippen molar-refractivity contribution in [2.75, 3.05) is 13.2 Å². The van der Waals surface area contributed by atoms with Crippen LogP contribution < -0.4 is 0 Å². The van der Waals surface area contributed by atoms with Crippen LogP contribution in [0.25, 0.3) is 22.7 Å². The molecule has 1 fully saturated rings. The fourth-order valence-corrected chi connectivity index (χ4v) is 2.56. The summed E-state index contributed by atoms with van der Waals surface area (Å²) in [5.74, 6) is 0.864. The first-order valence-electron chi connectivity index (χ1n) is 7.02. The Balaban J connectivity index is 1.70. The molecule has 0 unspecified atom stereocenters. The summed E-state index contributed by atoms with van der Waals surface area (Å²) in [6.45, 7) is 1.33. The number of nitrogens with one attached hydrogen (secondary N) is 1. The Morgan fingerprint density at radius 2 is 2.27 bits per heavy atom. The first kappa shape index (κ1) is 13.1. The number of rotatable bonds is 3. The lowest BCUT2D eigenvalue weighted by molar-refractivity contribution is 0.192. The third-order valence-electron chi connectivity index (χ3n) is 3.72. The molecular weight excluding hydrogens is 287 g/mol. The summed E-state index contributed by atoms with van der Waals surface area (Å²) in [4.78, 5) is 4.43. The van der Waals surface area contributed by atoms with Crippen LogP contribution in [0.2, 0.25) is 0 Å². The number of H-pyrrole nitrogens is 1. The van der Waals surface area contributed by atoms with Gasteiger partial charge in [-0.15, -0.1) is 0 Å². The molecule has 3 heterocycles. The van der Waals surface area contributed by atoms with E-state index in [1.165, 1.54) is 12.1 Å². The van der Waals surface area contributed by atoms with E-state index in [-0.39, 0.29) is 11.7 Å². The number of halogens is 1. The summed E-state index contributed by atoms with van der Waals surface area (Å²) in [7, 11) is 0. The van der Waals surface area contributed by atoms with Gasteiger partial charge in [0.05, 0.1) is 24.1 Å². The Bertz CT molecular complexity index is 792. The number of hydrogen-bond donors (Lipinski definition) is 1. The molecule has 1 aliphatic rings. The number of ether oxygens (including phenoxy) is 1. The van der Waals surface area contributed by atoms with Crippen molar-refractivity contribution in [1.29, 1.82) is 0 Å². The monoisotopic (exact) mass is 300 g/mol. The fraction of sp³-hybridized carbons (Fsp3) is 0.267. The van der Waals surface area contributed by atoms with Crippen LogP contribution in [-0.4, -0.2) is 33.6 Å². The van der Waals surface area contributed by atoms with Gasteiger partial charge in [0.25, 0.3) is 5.89 Å². The van der Waals surface area contributed by atoms with Gasteiger partial charge in [0.15, 0.2) is 5.82 Å². The molecule has 0 saturated carbocycles. The van der Waals surface area contributed by atoms with Gasteiger partial charge in [0.1, 0.15) is 5.82 Å². The average Bonchev–Trinajstić information content (AvgIpc) is 3.27. The normalized spacial score (nSPS) is 18.0. The average molecular weight is 300 g/mol. The highest BCUT2D eigenvalue weighted by molar-refractivity contribution is 5.76. The van der Waals surface area contributed by atoms with Crippen molar-refractivity contribution in [3.63, 3.8) is 0 Å². The van der Waals surface area contributed by atoms with Crippen LogP contribution in [-0.2, 0) is 4.74 Å². The zero-order valence-electron chi connectivity index (χ0n) is 11.6. The van der Waals surface area contributed by atoms with Gasteiger partial charge in [-0.25, -0.2) is 4.39 Å². The second kappa shape index (κ2) is 5.34. The van der Waals surface area contributed by atoms with Crippen LogP contribution in [0, 0.1) is 5.82 Å². The van der Waals surface area contributed by atoms with Crippen LogP contribution >= 0.6 is 0 Å². The van der Waals surface area contributed by atoms with Crippen LogP contribution in [0.15, 0.2) is 35.0 Å². The molecule has 0 spiro atoms. The van der Waals surface area contributed by atoms with Crippen molar-refractivity contribution >= 4 is 0 Å². The van der Waals surface area contributed by atoms with Crippen molar-refractivity contribution in [3.05, 3.63) is 42.1 Å². The molecule has 1 aromatic carbocycles. The van der Waals surface area contributed by atoms with E-state index in [0.29, 0.717) is 35.1 Å². The Morgan fingerprint density at radius 1 is 1.32 bits per heavy atom. The van der Waals surface area contributed by atoms with Crippen LogP contribution in [0.4, 0.5) is 4.39 Å². The van der Waals surface area contributed by atoms with E-state index in [1.54, 1.807) is 18.3 Å². The minimum atomic E-state index is -0.313. The summed E-state index contributed by atoms with van der Waals surface area (Å²) >= 11 is 0. The van der Waals surface area contributed by atoms with Gasteiger partial charge in [-0.1, -0.05) is 17.3 Å². The maximum Gasteiger partial charge on any atom is 0.261 e. The van der Waals surface area contributed by atoms with Gasteiger partial charge in [0, 0.05) is 18.1 Å². The number of benzene rings is 1. The van der Waals surface area contributed by atoms with Gasteiger partial charge in [-0.3, -0.25) is 5.10 Å². The van der Waals surface area contributed by atoms with Crippen LogP contribution in [0.5, 0.6) is 0 Å². The first-order valence-corrected chi connectivity index (χ1v) is 7.02. The van der Waals surface area contributed by atoms with Crippen LogP contribution in [0.1, 0.15) is 18.2 Å². The van der Waals surface area contributed by atoms with Gasteiger partial charge >= 0.3 is 0 Å². The third kappa shape index (κ3) is 2.29. The molecule has 0 bridgehead atoms. The Kier molecular flexibility index (Phi) is 3.19. The summed E-state index contributed by atoms with van der Waals surface area (Å²) in [5.41, 5.74) is 1.98. The Morgan fingerprint density at radius 3 is 3.09 bits per heavy atom. The highest BCUT2D eigenvalue weighted by atomic mass is 19.1. The number of hydrogen-bond acceptors (Lipinski definition) is 5. The van der Waals surface area contributed by atoms with E-state index < -0.39 is 0 Å². The minimum absolute atomic E-state index is 0.169. The van der Waals surface area contributed by atoms with Gasteiger partial charge in [0.2, 0.25) is 0 Å². The quantitative estimate of drug-likeness (QED) is 0.805. The molecule has 1 aliphatic heterocycles. The Hall–Kier alpha value is -2.54. The lowest BCUT2D eigenvalue weighted by Gasteiger charge is -2.00. The molecule has 3 aromatic rings. The van der Waals surface area contributed by atoms with Gasteiger partial charge < -0.3 is 9.26 Å². The predicted octanol–water partition coefficient (Wildman–Crippen LogP) is 2.77. The molecule has 6 nitrogen and oxygen atoms in total. The third-order valence-corrected chi connectivity index (χ3v) is 3.72. The number of aromatic nitrogens is 4. The zero-order chi connectivity index (χ0) is 14.9. The molecule has 112 valence electrons. The second-order valence-electron chi connectivity index (χ2n) is 5.19. The van der Waals surface area contributed by atoms with E-state index >= 15 is 0 Å². The SMILES string of the molecule is Fc1cccc(-c2[nH]ncc2-c2nc([C@@H]3CCOC3)no2)c1. The molecule has 1 saturated heterocycles. The largest absolute Gasteiger partial charge is 0.381 e. The lowest BCUT2D eigenvalue weighted by atomic mass is 10.1. The zero-order valence-corrected chi connectivity index (χ0v) is 11.6. The summed E-state index contributed by atoms with van der Waals surface area (Å²) < 4.78 is 24.1. The molecule has 1 N–H and O–H groups in total. The molecule has 0 amide bonds. The molecule has 22 heavy (non-hydrogen) atoms. The fourth-order valence-electron chi connectivity index (χ4n) is 2.56. The molecular formula is C15H13FN4O2. The highest BCUT2D eigenvalue weighted by Crippen LogP contribution is 2.31. The van der Waals surface area contributed by atoms with Crippen molar-refractivity contribution in [2.24, 2.45) is 0 Å². The summed E-state index contributed by atoms with van der Waals surface area (Å²) in [6, 6.07) is 6.26. The highest BCUT2D eigenvalue weighted by Gasteiger charge is 2.24. The smallest absolute Gasteiger partial charge is 0.261 e. The van der Waals surface area contributed by atoms with Crippen molar-refractivity contribution in [1.82, 2.24) is 20.3 Å². The predicted molar refractivity (Wildman–Crippen MR) is 75.5 cm³/mol. The van der Waals surface area contributed by atoms with Gasteiger partial charge in [-0.05, 0) is 18.6 Å². The second-order valence-corrected chi connectivity index (χ2v) is 5.19. The van der Waals surface area contributed by atoms with E-state index in [9.17, 15) is 4.39 Å². The molecule has 4 rings (SSSR count). The molecule has 0 radical (unpaired) electrons. The van der Waals surface area contributed by atoms with E-state index in [0.717, 1.165) is 13.0 Å². The maximum atomic E-state index is 13.4. The molecule has 2 aromatic heterocycles. The molecule has 0 aliphatic carbocycles. The van der Waals surface area contributed by atoms with Crippen molar-refractivity contribution < 1.29 is 13.7 Å². The van der Waals surface area contributed by atoms with E-state index in [1.807, 2.05) is 0 Å². The standard InChI is InChI=1S/C15H13FN4O2/c16-11-3-1-2-9(6-11)13-12(7-17-19-13)15-18-14(20-22-15)10-4-5-21-8-10/h1-3,6-7,10H,4-5,8H2,(H,17,19)/t10-/m1/s1. The number of nitrogens with zero attached hydrogens (tertiary/aromatic N) is 3.